The number of amides is 2. The van der Waals surface area contributed by atoms with Gasteiger partial charge in [-0.1, -0.05) is 37.3 Å². The van der Waals surface area contributed by atoms with E-state index >= 15 is 0 Å². The number of carbonyl (C=O) groups excluding carboxylic acids is 2. The van der Waals surface area contributed by atoms with Crippen molar-refractivity contribution in [3.63, 3.8) is 0 Å². The summed E-state index contributed by atoms with van der Waals surface area (Å²) in [6.45, 7) is 7.67. The van der Waals surface area contributed by atoms with E-state index in [1.807, 2.05) is 24.3 Å². The number of anilines is 1. The monoisotopic (exact) mass is 352 g/mol. The molecule has 0 saturated carbocycles. The third kappa shape index (κ3) is 5.21. The van der Waals surface area contributed by atoms with E-state index in [4.69, 9.17) is 4.74 Å². The van der Waals surface area contributed by atoms with Gasteiger partial charge in [-0.05, 0) is 43.2 Å². The van der Waals surface area contributed by atoms with Gasteiger partial charge in [-0.15, -0.1) is 6.58 Å². The first kappa shape index (κ1) is 19.2. The standard InChI is InChI=1S/C21H24N2O3/c1-4-14-22-21(25)18-8-6-7-9-19(18)23-20(24)15(3)26-17-12-10-16(5-2)11-13-17/h4,6-13,15H,1,5,14H2,2-3H3,(H,22,25)(H,23,24). The van der Waals surface area contributed by atoms with E-state index in [0.29, 0.717) is 23.5 Å². The number of benzene rings is 2. The Morgan fingerprint density at radius 3 is 2.50 bits per heavy atom. The molecule has 0 bridgehead atoms. The summed E-state index contributed by atoms with van der Waals surface area (Å²) >= 11 is 0. The van der Waals surface area contributed by atoms with Crippen LogP contribution in [0, 0.1) is 0 Å². The van der Waals surface area contributed by atoms with Gasteiger partial charge < -0.3 is 15.4 Å². The molecule has 0 aliphatic heterocycles. The van der Waals surface area contributed by atoms with Crippen LogP contribution in [0.15, 0.2) is 61.2 Å². The molecule has 2 N–H and O–H groups in total. The van der Waals surface area contributed by atoms with Gasteiger partial charge in [0.2, 0.25) is 0 Å². The normalized spacial score (nSPS) is 11.3. The molecule has 2 amide bonds. The Kier molecular flexibility index (Phi) is 6.97. The summed E-state index contributed by atoms with van der Waals surface area (Å²) in [5, 5.41) is 5.46. The molecule has 1 atom stereocenters. The molecular formula is C21H24N2O3. The van der Waals surface area contributed by atoms with E-state index in [2.05, 4.69) is 24.1 Å². The fourth-order valence-electron chi connectivity index (χ4n) is 2.35. The SMILES string of the molecule is C=CCNC(=O)c1ccccc1NC(=O)C(C)Oc1ccc(CC)cc1. The van der Waals surface area contributed by atoms with E-state index in [1.165, 1.54) is 5.56 Å². The third-order valence-corrected chi connectivity index (χ3v) is 3.85. The molecule has 1 unspecified atom stereocenters. The Hall–Kier alpha value is -3.08. The molecule has 0 saturated heterocycles. The van der Waals surface area contributed by atoms with Crippen molar-refractivity contribution in [2.45, 2.75) is 26.4 Å². The predicted octanol–water partition coefficient (Wildman–Crippen LogP) is 3.57. The average Bonchev–Trinajstić information content (AvgIpc) is 2.67. The van der Waals surface area contributed by atoms with Gasteiger partial charge in [-0.3, -0.25) is 9.59 Å². The van der Waals surface area contributed by atoms with Crippen LogP contribution in [0.25, 0.3) is 0 Å². The molecule has 5 heteroatoms. The molecule has 0 radical (unpaired) electrons. The number of aryl methyl sites for hydroxylation is 1. The molecule has 0 aliphatic rings. The maximum absolute atomic E-state index is 12.4. The summed E-state index contributed by atoms with van der Waals surface area (Å²) in [7, 11) is 0. The highest BCUT2D eigenvalue weighted by Gasteiger charge is 2.18. The van der Waals surface area contributed by atoms with Crippen LogP contribution >= 0.6 is 0 Å². The Bertz CT molecular complexity index is 769. The van der Waals surface area contributed by atoms with Crippen molar-refractivity contribution in [2.75, 3.05) is 11.9 Å². The number of rotatable bonds is 8. The number of hydrogen-bond donors (Lipinski definition) is 2. The maximum Gasteiger partial charge on any atom is 0.265 e. The Labute approximate surface area is 154 Å². The van der Waals surface area contributed by atoms with Crippen molar-refractivity contribution in [1.29, 1.82) is 0 Å². The summed E-state index contributed by atoms with van der Waals surface area (Å²) in [4.78, 5) is 24.6. The van der Waals surface area contributed by atoms with E-state index in [9.17, 15) is 9.59 Å². The predicted molar refractivity (Wildman–Crippen MR) is 104 cm³/mol. The molecule has 5 nitrogen and oxygen atoms in total. The fourth-order valence-corrected chi connectivity index (χ4v) is 2.35. The van der Waals surface area contributed by atoms with Gasteiger partial charge in [0.25, 0.3) is 11.8 Å². The van der Waals surface area contributed by atoms with Gasteiger partial charge in [0.05, 0.1) is 11.3 Å². The van der Waals surface area contributed by atoms with Crippen LogP contribution in [-0.4, -0.2) is 24.5 Å². The van der Waals surface area contributed by atoms with Crippen molar-refractivity contribution in [2.24, 2.45) is 0 Å². The van der Waals surface area contributed by atoms with Gasteiger partial charge in [-0.25, -0.2) is 0 Å². The number of hydrogen-bond acceptors (Lipinski definition) is 3. The van der Waals surface area contributed by atoms with Crippen LogP contribution in [0.4, 0.5) is 5.69 Å². The van der Waals surface area contributed by atoms with Crippen molar-refractivity contribution >= 4 is 17.5 Å². The first-order valence-corrected chi connectivity index (χ1v) is 8.59. The van der Waals surface area contributed by atoms with Crippen LogP contribution in [0.1, 0.15) is 29.8 Å². The van der Waals surface area contributed by atoms with Gasteiger partial charge >= 0.3 is 0 Å². The molecule has 2 aromatic carbocycles. The number of ether oxygens (including phenoxy) is 1. The Morgan fingerprint density at radius 2 is 1.85 bits per heavy atom. The highest BCUT2D eigenvalue weighted by atomic mass is 16.5. The molecule has 0 spiro atoms. The van der Waals surface area contributed by atoms with Crippen LogP contribution in [0.3, 0.4) is 0 Å². The van der Waals surface area contributed by atoms with Crippen LogP contribution in [0.5, 0.6) is 5.75 Å². The fraction of sp³-hybridized carbons (Fsp3) is 0.238. The molecule has 2 aromatic rings. The highest BCUT2D eigenvalue weighted by molar-refractivity contribution is 6.04. The first-order valence-electron chi connectivity index (χ1n) is 8.59. The lowest BCUT2D eigenvalue weighted by molar-refractivity contribution is -0.122. The van der Waals surface area contributed by atoms with Crippen LogP contribution in [-0.2, 0) is 11.2 Å². The Balaban J connectivity index is 2.04. The lowest BCUT2D eigenvalue weighted by Gasteiger charge is -2.16. The van der Waals surface area contributed by atoms with Crippen LogP contribution in [0.2, 0.25) is 0 Å². The topological polar surface area (TPSA) is 67.4 Å². The molecule has 136 valence electrons. The minimum atomic E-state index is -0.702. The third-order valence-electron chi connectivity index (χ3n) is 3.85. The minimum Gasteiger partial charge on any atom is -0.481 e. The minimum absolute atomic E-state index is 0.274. The lowest BCUT2D eigenvalue weighted by Crippen LogP contribution is -2.31. The summed E-state index contributed by atoms with van der Waals surface area (Å²) < 4.78 is 5.69. The van der Waals surface area contributed by atoms with Crippen molar-refractivity contribution in [1.82, 2.24) is 5.32 Å². The summed E-state index contributed by atoms with van der Waals surface area (Å²) in [5.41, 5.74) is 2.03. The molecule has 0 aromatic heterocycles. The van der Waals surface area contributed by atoms with E-state index < -0.39 is 6.10 Å². The quantitative estimate of drug-likeness (QED) is 0.714. The van der Waals surface area contributed by atoms with Gasteiger partial charge in [0, 0.05) is 6.54 Å². The molecule has 0 fully saturated rings. The molecule has 2 rings (SSSR count). The van der Waals surface area contributed by atoms with Crippen molar-refractivity contribution in [3.8, 4) is 5.75 Å². The van der Waals surface area contributed by atoms with Crippen molar-refractivity contribution < 1.29 is 14.3 Å². The molecule has 0 heterocycles. The van der Waals surface area contributed by atoms with E-state index in [0.717, 1.165) is 6.42 Å². The van der Waals surface area contributed by atoms with Gasteiger partial charge in [0.1, 0.15) is 5.75 Å². The Morgan fingerprint density at radius 1 is 1.15 bits per heavy atom. The zero-order chi connectivity index (χ0) is 18.9. The second-order valence-corrected chi connectivity index (χ2v) is 5.79. The zero-order valence-corrected chi connectivity index (χ0v) is 15.1. The van der Waals surface area contributed by atoms with E-state index in [1.54, 1.807) is 37.3 Å². The molecular weight excluding hydrogens is 328 g/mol. The molecule has 26 heavy (non-hydrogen) atoms. The second-order valence-electron chi connectivity index (χ2n) is 5.79. The van der Waals surface area contributed by atoms with Crippen LogP contribution < -0.4 is 15.4 Å². The van der Waals surface area contributed by atoms with Gasteiger partial charge in [0.15, 0.2) is 6.10 Å². The van der Waals surface area contributed by atoms with Crippen molar-refractivity contribution in [3.05, 3.63) is 72.3 Å². The average molecular weight is 352 g/mol. The maximum atomic E-state index is 12.4. The smallest absolute Gasteiger partial charge is 0.265 e. The van der Waals surface area contributed by atoms with E-state index in [-0.39, 0.29) is 11.8 Å². The number of nitrogens with one attached hydrogen (secondary N) is 2. The zero-order valence-electron chi connectivity index (χ0n) is 15.1. The number of carbonyl (C=O) groups is 2. The highest BCUT2D eigenvalue weighted by Crippen LogP contribution is 2.18. The van der Waals surface area contributed by atoms with Gasteiger partial charge in [-0.2, -0.15) is 0 Å². The molecule has 0 aliphatic carbocycles. The summed E-state index contributed by atoms with van der Waals surface area (Å²) in [6.07, 6.45) is 1.84. The second kappa shape index (κ2) is 9.42. The lowest BCUT2D eigenvalue weighted by atomic mass is 10.1. The first-order chi connectivity index (χ1) is 12.5. The number of para-hydroxylation sites is 1. The largest absolute Gasteiger partial charge is 0.481 e. The summed E-state index contributed by atoms with van der Waals surface area (Å²) in [5.74, 6) is 0.0277. The summed E-state index contributed by atoms with van der Waals surface area (Å²) in [6, 6.07) is 14.5.